The van der Waals surface area contributed by atoms with Crippen molar-refractivity contribution in [1.29, 1.82) is 0 Å². The zero-order chi connectivity index (χ0) is 16.2. The van der Waals surface area contributed by atoms with Crippen molar-refractivity contribution in [2.75, 3.05) is 11.4 Å². The van der Waals surface area contributed by atoms with E-state index in [0.29, 0.717) is 18.7 Å². The molecule has 1 N–H and O–H groups in total. The maximum Gasteiger partial charge on any atom is 0.333 e. The summed E-state index contributed by atoms with van der Waals surface area (Å²) >= 11 is 0. The highest BCUT2D eigenvalue weighted by molar-refractivity contribution is 5.75. The highest BCUT2D eigenvalue weighted by Crippen LogP contribution is 2.33. The summed E-state index contributed by atoms with van der Waals surface area (Å²) in [6.45, 7) is 7.51. The fourth-order valence-corrected chi connectivity index (χ4v) is 2.23. The number of hydrogen-bond acceptors (Lipinski definition) is 5. The third kappa shape index (κ3) is 3.71. The van der Waals surface area contributed by atoms with Gasteiger partial charge in [-0.25, -0.2) is 4.68 Å². The zero-order valence-electron chi connectivity index (χ0n) is 12.9. The molecule has 1 aromatic rings. The lowest BCUT2D eigenvalue weighted by molar-refractivity contribution is -0.384. The van der Waals surface area contributed by atoms with E-state index >= 15 is 0 Å². The number of carbonyl (C=O) groups is 1. The fourth-order valence-electron chi connectivity index (χ4n) is 2.23. The van der Waals surface area contributed by atoms with Gasteiger partial charge in [-0.05, 0) is 26.7 Å². The maximum atomic E-state index is 11.3. The number of carboxylic acids is 1. The summed E-state index contributed by atoms with van der Waals surface area (Å²) < 4.78 is 1.54. The van der Waals surface area contributed by atoms with Gasteiger partial charge in [0.15, 0.2) is 0 Å². The van der Waals surface area contributed by atoms with E-state index in [2.05, 4.69) is 5.10 Å². The number of aliphatic carboxylic acids is 1. The highest BCUT2D eigenvalue weighted by Gasteiger charge is 2.32. The van der Waals surface area contributed by atoms with Crippen molar-refractivity contribution < 1.29 is 14.8 Å². The second kappa shape index (κ2) is 7.05. The molecule has 8 nitrogen and oxygen atoms in total. The van der Waals surface area contributed by atoms with Crippen molar-refractivity contribution >= 4 is 17.5 Å². The van der Waals surface area contributed by atoms with Gasteiger partial charge in [0.1, 0.15) is 12.2 Å². The van der Waals surface area contributed by atoms with E-state index < -0.39 is 10.9 Å². The van der Waals surface area contributed by atoms with Crippen molar-refractivity contribution in [1.82, 2.24) is 9.78 Å². The molecule has 8 heteroatoms. The molecule has 0 aliphatic carbocycles. The first-order valence-electron chi connectivity index (χ1n) is 7.03. The van der Waals surface area contributed by atoms with Crippen LogP contribution in [0.2, 0.25) is 0 Å². The topological polar surface area (TPSA) is 101 Å². The zero-order valence-corrected chi connectivity index (χ0v) is 12.9. The van der Waals surface area contributed by atoms with Gasteiger partial charge in [0, 0.05) is 12.6 Å². The van der Waals surface area contributed by atoms with Crippen LogP contribution in [0.1, 0.15) is 39.3 Å². The molecule has 1 heterocycles. The molecule has 0 aliphatic heterocycles. The molecule has 0 radical (unpaired) electrons. The van der Waals surface area contributed by atoms with E-state index in [0.717, 1.165) is 6.42 Å². The van der Waals surface area contributed by atoms with Crippen molar-refractivity contribution in [2.45, 2.75) is 53.1 Å². The Morgan fingerprint density at radius 1 is 1.52 bits per heavy atom. The molecule has 0 aromatic carbocycles. The second-order valence-corrected chi connectivity index (χ2v) is 5.02. The fraction of sp³-hybridized carbons (Fsp3) is 0.692. The molecule has 1 unspecified atom stereocenters. The Labute approximate surface area is 123 Å². The van der Waals surface area contributed by atoms with Gasteiger partial charge in [-0.15, -0.1) is 0 Å². The Morgan fingerprint density at radius 3 is 2.57 bits per heavy atom. The number of nitro groups is 1. The summed E-state index contributed by atoms with van der Waals surface area (Å²) in [6, 6.07) is -0.133. The number of anilines is 1. The molecule has 0 fully saturated rings. The van der Waals surface area contributed by atoms with Crippen LogP contribution >= 0.6 is 0 Å². The highest BCUT2D eigenvalue weighted by atomic mass is 16.6. The van der Waals surface area contributed by atoms with Crippen molar-refractivity contribution in [3.63, 3.8) is 0 Å². The smallest absolute Gasteiger partial charge is 0.333 e. The van der Waals surface area contributed by atoms with Gasteiger partial charge in [0.05, 0.1) is 4.92 Å². The van der Waals surface area contributed by atoms with Gasteiger partial charge in [-0.2, -0.15) is 5.10 Å². The summed E-state index contributed by atoms with van der Waals surface area (Å²) in [4.78, 5) is 23.5. The molecular formula is C13H22N4O4. The number of aryl methyl sites for hydroxylation is 2. The first-order chi connectivity index (χ1) is 9.83. The molecule has 21 heavy (non-hydrogen) atoms. The van der Waals surface area contributed by atoms with Crippen LogP contribution in [0.4, 0.5) is 11.5 Å². The SMILES string of the molecule is CCCn1nc(C)c([N+](=O)[O-])c1N(CC(=O)O)C(C)CC. The Bertz CT molecular complexity index is 526. The molecule has 1 atom stereocenters. The van der Waals surface area contributed by atoms with Crippen LogP contribution in [-0.4, -0.2) is 38.4 Å². The van der Waals surface area contributed by atoms with Crippen LogP contribution in [0.3, 0.4) is 0 Å². The van der Waals surface area contributed by atoms with Gasteiger partial charge in [-0.1, -0.05) is 13.8 Å². The van der Waals surface area contributed by atoms with Gasteiger partial charge in [-0.3, -0.25) is 14.9 Å². The molecule has 1 rings (SSSR count). The molecule has 118 valence electrons. The van der Waals surface area contributed by atoms with E-state index in [1.807, 2.05) is 20.8 Å². The lowest BCUT2D eigenvalue weighted by atomic mass is 10.2. The quantitative estimate of drug-likeness (QED) is 0.583. The van der Waals surface area contributed by atoms with Crippen LogP contribution in [-0.2, 0) is 11.3 Å². The molecule has 0 bridgehead atoms. The normalized spacial score (nSPS) is 12.2. The minimum Gasteiger partial charge on any atom is -0.480 e. The predicted octanol–water partition coefficient (Wildman–Crippen LogP) is 2.20. The van der Waals surface area contributed by atoms with E-state index in [9.17, 15) is 14.9 Å². The first kappa shape index (κ1) is 16.9. The van der Waals surface area contributed by atoms with Crippen LogP contribution in [0.25, 0.3) is 0 Å². The van der Waals surface area contributed by atoms with E-state index in [-0.39, 0.29) is 24.1 Å². The Morgan fingerprint density at radius 2 is 2.14 bits per heavy atom. The predicted molar refractivity (Wildman–Crippen MR) is 78.6 cm³/mol. The number of carboxylic acid groups (broad SMARTS) is 1. The standard InChI is InChI=1S/C13H22N4O4/c1-5-7-16-13(12(17(20)21)10(4)14-16)15(8-11(18)19)9(3)6-2/h9H,5-8H2,1-4H3,(H,18,19). The Hall–Kier alpha value is -2.12. The largest absolute Gasteiger partial charge is 0.480 e. The average Bonchev–Trinajstić information content (AvgIpc) is 2.71. The van der Waals surface area contributed by atoms with Crippen LogP contribution < -0.4 is 4.90 Å². The maximum absolute atomic E-state index is 11.3. The van der Waals surface area contributed by atoms with Gasteiger partial charge in [0.2, 0.25) is 5.82 Å². The van der Waals surface area contributed by atoms with Gasteiger partial charge in [0.25, 0.3) is 0 Å². The Balaban J connectivity index is 3.45. The van der Waals surface area contributed by atoms with E-state index in [1.165, 1.54) is 0 Å². The van der Waals surface area contributed by atoms with E-state index in [4.69, 9.17) is 5.11 Å². The molecule has 0 saturated heterocycles. The molecule has 0 spiro atoms. The summed E-state index contributed by atoms with van der Waals surface area (Å²) in [5.41, 5.74) is 0.201. The van der Waals surface area contributed by atoms with E-state index in [1.54, 1.807) is 16.5 Å². The van der Waals surface area contributed by atoms with Crippen LogP contribution in [0, 0.1) is 17.0 Å². The molecule has 0 saturated carbocycles. The van der Waals surface area contributed by atoms with Crippen molar-refractivity contribution in [3.05, 3.63) is 15.8 Å². The molecular weight excluding hydrogens is 276 g/mol. The molecule has 0 aliphatic rings. The first-order valence-corrected chi connectivity index (χ1v) is 7.03. The van der Waals surface area contributed by atoms with Gasteiger partial charge >= 0.3 is 11.7 Å². The monoisotopic (exact) mass is 298 g/mol. The number of aromatic nitrogens is 2. The number of rotatable bonds is 8. The summed E-state index contributed by atoms with van der Waals surface area (Å²) in [5, 5.41) is 24.7. The number of nitrogens with zero attached hydrogens (tertiary/aromatic N) is 4. The lowest BCUT2D eigenvalue weighted by Crippen LogP contribution is -2.39. The lowest BCUT2D eigenvalue weighted by Gasteiger charge is -2.28. The molecule has 0 amide bonds. The second-order valence-electron chi connectivity index (χ2n) is 5.02. The minimum absolute atomic E-state index is 0.106. The summed E-state index contributed by atoms with van der Waals surface area (Å²) in [5.74, 6) is -0.734. The minimum atomic E-state index is -1.02. The summed E-state index contributed by atoms with van der Waals surface area (Å²) in [6.07, 6.45) is 1.44. The van der Waals surface area contributed by atoms with Crippen molar-refractivity contribution in [3.8, 4) is 0 Å². The third-order valence-corrected chi connectivity index (χ3v) is 3.39. The average molecular weight is 298 g/mol. The van der Waals surface area contributed by atoms with Crippen LogP contribution in [0.15, 0.2) is 0 Å². The number of hydrogen-bond donors (Lipinski definition) is 1. The summed E-state index contributed by atoms with van der Waals surface area (Å²) in [7, 11) is 0. The van der Waals surface area contributed by atoms with Crippen molar-refractivity contribution in [2.24, 2.45) is 0 Å². The van der Waals surface area contributed by atoms with Crippen LogP contribution in [0.5, 0.6) is 0 Å². The Kier molecular flexibility index (Phi) is 5.69. The van der Waals surface area contributed by atoms with Gasteiger partial charge < -0.3 is 10.0 Å². The third-order valence-electron chi connectivity index (χ3n) is 3.39. The molecule has 1 aromatic heterocycles.